The molecule has 19 heavy (non-hydrogen) atoms. The summed E-state index contributed by atoms with van der Waals surface area (Å²) in [5.74, 6) is 0.802. The van der Waals surface area contributed by atoms with Gasteiger partial charge in [0, 0.05) is 26.6 Å². The van der Waals surface area contributed by atoms with Gasteiger partial charge in [0.15, 0.2) is 0 Å². The van der Waals surface area contributed by atoms with E-state index in [1.165, 1.54) is 32.1 Å². The highest BCUT2D eigenvalue weighted by atomic mass is 32.1. The maximum absolute atomic E-state index is 11.8. The first-order valence-electron chi connectivity index (χ1n) is 7.19. The maximum Gasteiger partial charge on any atom is 0.224 e. The molecule has 1 rings (SSSR count). The molecule has 0 saturated heterocycles. The minimum atomic E-state index is 0.0971. The van der Waals surface area contributed by atoms with Crippen molar-refractivity contribution in [3.63, 3.8) is 0 Å². The van der Waals surface area contributed by atoms with Gasteiger partial charge in [-0.3, -0.25) is 4.79 Å². The molecule has 0 radical (unpaired) electrons. The van der Waals surface area contributed by atoms with Crippen molar-refractivity contribution in [1.29, 1.82) is 0 Å². The van der Waals surface area contributed by atoms with Gasteiger partial charge in [-0.05, 0) is 18.8 Å². The molecule has 1 amide bonds. The maximum atomic E-state index is 11.8. The molecule has 1 saturated carbocycles. The molecule has 1 fully saturated rings. The molecule has 0 aromatic carbocycles. The fourth-order valence-electron chi connectivity index (χ4n) is 2.36. The number of amides is 1. The number of hydrogen-bond acceptors (Lipinski definition) is 3. The highest BCUT2D eigenvalue weighted by Gasteiger charge is 2.14. The number of carbonyl (C=O) groups excluding carboxylic acids is 1. The predicted molar refractivity (Wildman–Crippen MR) is 81.1 cm³/mol. The first-order chi connectivity index (χ1) is 9.09. The number of ether oxygens (including phenoxy) is 1. The minimum Gasteiger partial charge on any atom is -0.393 e. The van der Waals surface area contributed by atoms with Crippen molar-refractivity contribution in [3.8, 4) is 0 Å². The summed E-state index contributed by atoms with van der Waals surface area (Å²) in [4.78, 5) is 13.9. The molecule has 1 aliphatic rings. The first-order valence-corrected chi connectivity index (χ1v) is 7.60. The Bertz CT molecular complexity index is 291. The van der Waals surface area contributed by atoms with Gasteiger partial charge in [-0.15, -0.1) is 0 Å². The Morgan fingerprint density at radius 1 is 1.32 bits per heavy atom. The SMILES string of the molecule is CN(CCC(N)=S)C(=O)CCOCC1CCCCC1. The molecule has 0 heterocycles. The second-order valence-corrected chi connectivity index (χ2v) is 5.88. The molecule has 110 valence electrons. The van der Waals surface area contributed by atoms with Crippen LogP contribution >= 0.6 is 12.2 Å². The van der Waals surface area contributed by atoms with E-state index in [-0.39, 0.29) is 5.91 Å². The van der Waals surface area contributed by atoms with Crippen LogP contribution in [0, 0.1) is 5.92 Å². The van der Waals surface area contributed by atoms with Crippen molar-refractivity contribution in [2.75, 3.05) is 26.8 Å². The number of nitrogens with two attached hydrogens (primary N) is 1. The van der Waals surface area contributed by atoms with Gasteiger partial charge in [0.2, 0.25) is 5.91 Å². The van der Waals surface area contributed by atoms with Crippen LogP contribution in [0.3, 0.4) is 0 Å². The van der Waals surface area contributed by atoms with Crippen LogP contribution in [-0.4, -0.2) is 42.6 Å². The van der Waals surface area contributed by atoms with Crippen LogP contribution in [0.15, 0.2) is 0 Å². The highest BCUT2D eigenvalue weighted by Crippen LogP contribution is 2.23. The lowest BCUT2D eigenvalue weighted by molar-refractivity contribution is -0.131. The normalized spacial score (nSPS) is 16.3. The molecule has 0 spiro atoms. The third kappa shape index (κ3) is 7.47. The summed E-state index contributed by atoms with van der Waals surface area (Å²) in [6, 6.07) is 0. The van der Waals surface area contributed by atoms with Crippen molar-refractivity contribution in [1.82, 2.24) is 4.90 Å². The fourth-order valence-corrected chi connectivity index (χ4v) is 2.45. The average Bonchev–Trinajstić information content (AvgIpc) is 2.41. The lowest BCUT2D eigenvalue weighted by atomic mass is 9.90. The van der Waals surface area contributed by atoms with Gasteiger partial charge in [-0.2, -0.15) is 0 Å². The average molecular weight is 286 g/mol. The lowest BCUT2D eigenvalue weighted by Gasteiger charge is -2.21. The van der Waals surface area contributed by atoms with E-state index in [1.807, 2.05) is 0 Å². The summed E-state index contributed by atoms with van der Waals surface area (Å²) in [6.45, 7) is 1.92. The number of rotatable bonds is 8. The topological polar surface area (TPSA) is 55.6 Å². The van der Waals surface area contributed by atoms with Crippen LogP contribution in [0.1, 0.15) is 44.9 Å². The van der Waals surface area contributed by atoms with Gasteiger partial charge < -0.3 is 15.4 Å². The largest absolute Gasteiger partial charge is 0.393 e. The number of nitrogens with zero attached hydrogens (tertiary/aromatic N) is 1. The molecular weight excluding hydrogens is 260 g/mol. The molecule has 0 aromatic rings. The summed E-state index contributed by atoms with van der Waals surface area (Å²) in [5, 5.41) is 0. The quantitative estimate of drug-likeness (QED) is 0.548. The van der Waals surface area contributed by atoms with E-state index in [1.54, 1.807) is 11.9 Å². The number of hydrogen-bond donors (Lipinski definition) is 1. The number of carbonyl (C=O) groups is 1. The fraction of sp³-hybridized carbons (Fsp3) is 0.857. The van der Waals surface area contributed by atoms with Gasteiger partial charge >= 0.3 is 0 Å². The van der Waals surface area contributed by atoms with Crippen LogP contribution < -0.4 is 5.73 Å². The molecule has 2 N–H and O–H groups in total. The second-order valence-electron chi connectivity index (χ2n) is 5.36. The molecular formula is C14H26N2O2S. The van der Waals surface area contributed by atoms with Crippen LogP contribution in [0.2, 0.25) is 0 Å². The van der Waals surface area contributed by atoms with Crippen molar-refractivity contribution in [3.05, 3.63) is 0 Å². The van der Waals surface area contributed by atoms with Crippen LogP contribution in [0.4, 0.5) is 0 Å². The third-order valence-electron chi connectivity index (χ3n) is 3.66. The molecule has 5 heteroatoms. The van der Waals surface area contributed by atoms with Crippen molar-refractivity contribution in [2.45, 2.75) is 44.9 Å². The van der Waals surface area contributed by atoms with E-state index in [9.17, 15) is 4.79 Å². The minimum absolute atomic E-state index is 0.0971. The molecule has 0 aromatic heterocycles. The van der Waals surface area contributed by atoms with Gasteiger partial charge in [-0.25, -0.2) is 0 Å². The molecule has 1 aliphatic carbocycles. The molecule has 0 bridgehead atoms. The summed E-state index contributed by atoms with van der Waals surface area (Å²) >= 11 is 4.79. The highest BCUT2D eigenvalue weighted by molar-refractivity contribution is 7.80. The Morgan fingerprint density at radius 3 is 2.63 bits per heavy atom. The standard InChI is InChI=1S/C14H26N2O2S/c1-16(9-7-13(15)19)14(17)8-10-18-11-12-5-3-2-4-6-12/h12H,2-11H2,1H3,(H2,15,19). The lowest BCUT2D eigenvalue weighted by Crippen LogP contribution is -2.30. The molecule has 4 nitrogen and oxygen atoms in total. The Labute approximate surface area is 121 Å². The summed E-state index contributed by atoms with van der Waals surface area (Å²) in [5.41, 5.74) is 5.41. The molecule has 0 aliphatic heterocycles. The zero-order chi connectivity index (χ0) is 14.1. The van der Waals surface area contributed by atoms with Gasteiger partial charge in [0.05, 0.1) is 18.0 Å². The van der Waals surface area contributed by atoms with Crippen LogP contribution in [0.25, 0.3) is 0 Å². The summed E-state index contributed by atoms with van der Waals surface area (Å²) in [6.07, 6.45) is 7.61. The van der Waals surface area contributed by atoms with Crippen molar-refractivity contribution in [2.24, 2.45) is 11.7 Å². The Hall–Kier alpha value is -0.680. The second kappa shape index (κ2) is 9.26. The van der Waals surface area contributed by atoms with Gasteiger partial charge in [0.25, 0.3) is 0 Å². The first kappa shape index (κ1) is 16.4. The van der Waals surface area contributed by atoms with Crippen LogP contribution in [0.5, 0.6) is 0 Å². The van der Waals surface area contributed by atoms with Crippen LogP contribution in [-0.2, 0) is 9.53 Å². The summed E-state index contributed by atoms with van der Waals surface area (Å²) < 4.78 is 5.62. The molecule has 0 atom stereocenters. The van der Waals surface area contributed by atoms with E-state index >= 15 is 0 Å². The molecule has 0 unspecified atom stereocenters. The summed E-state index contributed by atoms with van der Waals surface area (Å²) in [7, 11) is 1.78. The van der Waals surface area contributed by atoms with Gasteiger partial charge in [-0.1, -0.05) is 31.5 Å². The monoisotopic (exact) mass is 286 g/mol. The van der Waals surface area contributed by atoms with E-state index in [0.29, 0.717) is 36.9 Å². The van der Waals surface area contributed by atoms with Crippen molar-refractivity contribution < 1.29 is 9.53 Å². The van der Waals surface area contributed by atoms with Gasteiger partial charge in [0.1, 0.15) is 0 Å². The smallest absolute Gasteiger partial charge is 0.224 e. The van der Waals surface area contributed by atoms with E-state index < -0.39 is 0 Å². The Morgan fingerprint density at radius 2 is 2.00 bits per heavy atom. The van der Waals surface area contributed by atoms with E-state index in [4.69, 9.17) is 22.7 Å². The third-order valence-corrected chi connectivity index (χ3v) is 3.86. The number of thiocarbonyl (C=S) groups is 1. The van der Waals surface area contributed by atoms with Crippen molar-refractivity contribution >= 4 is 23.1 Å². The van der Waals surface area contributed by atoms with E-state index in [2.05, 4.69) is 0 Å². The zero-order valence-corrected chi connectivity index (χ0v) is 12.7. The zero-order valence-electron chi connectivity index (χ0n) is 11.9. The Kier molecular flexibility index (Phi) is 7.98. The Balaban J connectivity index is 2.04. The predicted octanol–water partition coefficient (Wildman–Crippen LogP) is 2.11. The van der Waals surface area contributed by atoms with E-state index in [0.717, 1.165) is 6.61 Å².